The Bertz CT molecular complexity index is 951. The zero-order chi connectivity index (χ0) is 19.0. The Hall–Kier alpha value is -3.25. The molecule has 0 bridgehead atoms. The zero-order valence-electron chi connectivity index (χ0n) is 15.6. The molecule has 0 amide bonds. The van der Waals surface area contributed by atoms with Crippen LogP contribution in [0, 0.1) is 24.0 Å². The first-order valence-electron chi connectivity index (χ1n) is 8.91. The highest BCUT2D eigenvalue weighted by Crippen LogP contribution is 2.24. The van der Waals surface area contributed by atoms with Crippen molar-refractivity contribution in [3.63, 3.8) is 0 Å². The maximum atomic E-state index is 5.92. The van der Waals surface area contributed by atoms with E-state index in [0.717, 1.165) is 11.1 Å². The van der Waals surface area contributed by atoms with Crippen LogP contribution in [0.3, 0.4) is 0 Å². The second-order valence-corrected chi connectivity index (χ2v) is 6.78. The number of nitrogens with zero attached hydrogens (tertiary/aromatic N) is 3. The monoisotopic (exact) mass is 361 g/mol. The van der Waals surface area contributed by atoms with Crippen molar-refractivity contribution >= 4 is 17.7 Å². The molecule has 3 heterocycles. The maximum absolute atomic E-state index is 5.92. The number of rotatable bonds is 3. The first kappa shape index (κ1) is 17.2. The first-order valence-corrected chi connectivity index (χ1v) is 8.91. The van der Waals surface area contributed by atoms with Crippen LogP contribution in [-0.4, -0.2) is 42.0 Å². The third-order valence-electron chi connectivity index (χ3n) is 4.74. The number of ether oxygens (including phenoxy) is 3. The van der Waals surface area contributed by atoms with Crippen LogP contribution >= 0.6 is 0 Å². The average Bonchev–Trinajstić information content (AvgIpc) is 3.04. The Morgan fingerprint density at radius 1 is 0.741 bits per heavy atom. The Kier molecular flexibility index (Phi) is 4.33. The summed E-state index contributed by atoms with van der Waals surface area (Å²) in [5.74, 6) is 6.66. The fourth-order valence-electron chi connectivity index (χ4n) is 2.83. The maximum Gasteiger partial charge on any atom is 0.246 e. The quantitative estimate of drug-likeness (QED) is 0.777. The van der Waals surface area contributed by atoms with Gasteiger partial charge >= 0.3 is 0 Å². The highest BCUT2D eigenvalue weighted by Gasteiger charge is 2.28. The van der Waals surface area contributed by atoms with Gasteiger partial charge in [0.15, 0.2) is 0 Å². The van der Waals surface area contributed by atoms with Crippen LogP contribution in [0.5, 0.6) is 0 Å². The average molecular weight is 361 g/mol. The lowest BCUT2D eigenvalue weighted by atomic mass is 10.0. The summed E-state index contributed by atoms with van der Waals surface area (Å²) in [7, 11) is 0. The molecule has 1 aromatic rings. The summed E-state index contributed by atoms with van der Waals surface area (Å²) < 4.78 is 17.2. The van der Waals surface area contributed by atoms with E-state index in [4.69, 9.17) is 14.2 Å². The Labute approximate surface area is 158 Å². The van der Waals surface area contributed by atoms with Crippen LogP contribution in [0.1, 0.15) is 44.4 Å². The van der Waals surface area contributed by atoms with Gasteiger partial charge in [0.25, 0.3) is 0 Å². The lowest BCUT2D eigenvalue weighted by Gasteiger charge is -2.12. The van der Waals surface area contributed by atoms with Crippen molar-refractivity contribution < 1.29 is 14.2 Å². The highest BCUT2D eigenvalue weighted by atomic mass is 16.5. The minimum atomic E-state index is 0.0235. The van der Waals surface area contributed by atoms with E-state index in [1.807, 2.05) is 45.9 Å². The molecule has 0 saturated carbocycles. The van der Waals surface area contributed by atoms with Crippen molar-refractivity contribution in [2.24, 2.45) is 15.0 Å². The van der Waals surface area contributed by atoms with E-state index in [-0.39, 0.29) is 24.3 Å². The van der Waals surface area contributed by atoms with Crippen LogP contribution in [0.2, 0.25) is 0 Å². The second kappa shape index (κ2) is 6.81. The van der Waals surface area contributed by atoms with Crippen LogP contribution < -0.4 is 0 Å². The number of hydrogen-bond acceptors (Lipinski definition) is 6. The Morgan fingerprint density at radius 3 is 1.74 bits per heavy atom. The Morgan fingerprint density at radius 2 is 1.26 bits per heavy atom. The molecular weight excluding hydrogens is 342 g/mol. The number of aliphatic imine (C=N–C) groups is 3. The minimum Gasteiger partial charge on any atom is -0.472 e. The summed E-state index contributed by atoms with van der Waals surface area (Å²) in [5, 5.41) is 0. The van der Waals surface area contributed by atoms with Crippen LogP contribution in [0.4, 0.5) is 0 Å². The van der Waals surface area contributed by atoms with Crippen molar-refractivity contribution in [1.82, 2.24) is 0 Å². The van der Waals surface area contributed by atoms with E-state index >= 15 is 0 Å². The predicted molar refractivity (Wildman–Crippen MR) is 103 cm³/mol. The molecule has 0 fully saturated rings. The largest absolute Gasteiger partial charge is 0.472 e. The Balaban J connectivity index is 1.79. The van der Waals surface area contributed by atoms with Gasteiger partial charge in [-0.25, -0.2) is 9.98 Å². The van der Waals surface area contributed by atoms with Gasteiger partial charge in [0.1, 0.15) is 18.3 Å². The van der Waals surface area contributed by atoms with Gasteiger partial charge in [0, 0.05) is 28.5 Å². The fraction of sp³-hybridized carbons (Fsp3) is 0.381. The van der Waals surface area contributed by atoms with Gasteiger partial charge in [0.05, 0.1) is 18.1 Å². The predicted octanol–water partition coefficient (Wildman–Crippen LogP) is 2.49. The van der Waals surface area contributed by atoms with Gasteiger partial charge in [-0.2, -0.15) is 4.99 Å². The summed E-state index contributed by atoms with van der Waals surface area (Å²) in [6.45, 7) is 8.06. The molecule has 6 heteroatoms. The van der Waals surface area contributed by atoms with E-state index < -0.39 is 0 Å². The van der Waals surface area contributed by atoms with Gasteiger partial charge in [-0.05, 0) is 45.9 Å². The third-order valence-corrected chi connectivity index (χ3v) is 4.74. The van der Waals surface area contributed by atoms with Crippen molar-refractivity contribution in [3.8, 4) is 24.0 Å². The topological polar surface area (TPSA) is 64.8 Å². The summed E-state index contributed by atoms with van der Waals surface area (Å²) >= 11 is 0. The molecule has 0 radical (unpaired) electrons. The molecule has 0 spiro atoms. The molecular formula is C21H19N3O3. The molecule has 6 nitrogen and oxygen atoms in total. The summed E-state index contributed by atoms with van der Waals surface area (Å²) in [6.07, 6.45) is 2.57. The van der Waals surface area contributed by atoms with Crippen LogP contribution in [-0.2, 0) is 14.2 Å². The molecule has 0 aliphatic carbocycles. The molecule has 3 aliphatic rings. The molecule has 0 N–H and O–H groups in total. The van der Waals surface area contributed by atoms with E-state index in [2.05, 4.69) is 39.0 Å². The second-order valence-electron chi connectivity index (χ2n) is 6.78. The normalized spacial score (nSPS) is 28.1. The SMILES string of the molecule is CC1N=C(c2cc(C3=NC#CC#CO3)cc(C3=NC(C)C(C)O3)c2)OC1C. The summed E-state index contributed by atoms with van der Waals surface area (Å²) in [4.78, 5) is 13.4. The van der Waals surface area contributed by atoms with E-state index in [0.29, 0.717) is 23.3 Å². The van der Waals surface area contributed by atoms with Gasteiger partial charge in [-0.15, -0.1) is 0 Å². The van der Waals surface area contributed by atoms with E-state index in [1.165, 1.54) is 0 Å². The molecule has 27 heavy (non-hydrogen) atoms. The number of hydrogen-bond donors (Lipinski definition) is 0. The third kappa shape index (κ3) is 3.39. The molecule has 0 saturated heterocycles. The van der Waals surface area contributed by atoms with Crippen molar-refractivity contribution in [2.45, 2.75) is 52.0 Å². The van der Waals surface area contributed by atoms with Gasteiger partial charge < -0.3 is 14.2 Å². The minimum absolute atomic E-state index is 0.0235. The molecule has 4 atom stereocenters. The molecule has 1 aromatic carbocycles. The lowest BCUT2D eigenvalue weighted by Crippen LogP contribution is -2.16. The van der Waals surface area contributed by atoms with E-state index in [1.54, 1.807) is 0 Å². The van der Waals surface area contributed by atoms with Crippen molar-refractivity contribution in [3.05, 3.63) is 34.9 Å². The van der Waals surface area contributed by atoms with E-state index in [9.17, 15) is 0 Å². The zero-order valence-corrected chi connectivity index (χ0v) is 15.6. The van der Waals surface area contributed by atoms with Crippen LogP contribution in [0.15, 0.2) is 33.2 Å². The summed E-state index contributed by atoms with van der Waals surface area (Å²) in [6, 6.07) is 8.58. The van der Waals surface area contributed by atoms with Crippen molar-refractivity contribution in [2.75, 3.05) is 0 Å². The molecule has 136 valence electrons. The molecule has 4 unspecified atom stereocenters. The summed E-state index contributed by atoms with van der Waals surface area (Å²) in [5.41, 5.74) is 2.34. The smallest absolute Gasteiger partial charge is 0.246 e. The lowest BCUT2D eigenvalue weighted by molar-refractivity contribution is 0.218. The fourth-order valence-corrected chi connectivity index (χ4v) is 2.83. The standard InChI is InChI=1S/C21H19N3O3/c1-12-14(3)26-20(23-12)17-9-16(19-22-7-5-6-8-25-19)10-18(11-17)21-24-13(2)15(4)27-21/h9-15H,1-4H3. The number of benzene rings is 1. The molecule has 4 rings (SSSR count). The highest BCUT2D eigenvalue weighted by molar-refractivity contribution is 6.05. The first-order chi connectivity index (χ1) is 13.0. The van der Waals surface area contributed by atoms with Crippen LogP contribution in [0.25, 0.3) is 0 Å². The van der Waals surface area contributed by atoms with Gasteiger partial charge in [0.2, 0.25) is 17.7 Å². The van der Waals surface area contributed by atoms with Gasteiger partial charge in [-0.1, -0.05) is 0 Å². The van der Waals surface area contributed by atoms with Crippen molar-refractivity contribution in [1.29, 1.82) is 0 Å². The van der Waals surface area contributed by atoms with Gasteiger partial charge in [-0.3, -0.25) is 0 Å². The molecule has 0 aromatic heterocycles. The molecule has 3 aliphatic heterocycles.